The molecule has 37 heavy (non-hydrogen) atoms. The van der Waals surface area contributed by atoms with Gasteiger partial charge in [0.25, 0.3) is 5.56 Å². The molecule has 0 spiro atoms. The molecular weight excluding hydrogens is 560 g/mol. The maximum atomic E-state index is 13.6. The van der Waals surface area contributed by atoms with Crippen molar-refractivity contribution in [1.82, 2.24) is 23.9 Å². The summed E-state index contributed by atoms with van der Waals surface area (Å²) in [5.41, 5.74) is 1.10. The van der Waals surface area contributed by atoms with Crippen molar-refractivity contribution in [3.05, 3.63) is 40.1 Å². The van der Waals surface area contributed by atoms with Gasteiger partial charge in [-0.15, -0.1) is 5.10 Å². The number of likely N-dealkylation sites (N-methyl/N-ethyl adjacent to an activating group) is 1. The highest BCUT2D eigenvalue weighted by Gasteiger charge is 2.36. The van der Waals surface area contributed by atoms with Gasteiger partial charge in [0.15, 0.2) is 11.3 Å². The molecule has 0 bridgehead atoms. The van der Waals surface area contributed by atoms with Crippen LogP contribution in [-0.4, -0.2) is 82.7 Å². The third-order valence-corrected chi connectivity index (χ3v) is 9.24. The van der Waals surface area contributed by atoms with E-state index in [0.29, 0.717) is 54.5 Å². The highest BCUT2D eigenvalue weighted by Crippen LogP contribution is 2.32. The molecule has 10 nitrogen and oxygen atoms in total. The number of ether oxygens (including phenoxy) is 1. The van der Waals surface area contributed by atoms with Gasteiger partial charge >= 0.3 is 0 Å². The lowest BCUT2D eigenvalue weighted by Crippen LogP contribution is -3.00. The lowest BCUT2D eigenvalue weighted by Gasteiger charge is -2.43. The maximum Gasteiger partial charge on any atom is 0.277 e. The van der Waals surface area contributed by atoms with Crippen molar-refractivity contribution in [2.75, 3.05) is 45.9 Å². The normalized spacial score (nSPS) is 16.0. The number of H-pyrrole nitrogens is 1. The minimum Gasteiger partial charge on any atom is -1.00 e. The van der Waals surface area contributed by atoms with Crippen molar-refractivity contribution in [3.8, 4) is 17.1 Å². The van der Waals surface area contributed by atoms with Crippen LogP contribution in [0.4, 0.5) is 0 Å². The largest absolute Gasteiger partial charge is 1.00 e. The summed E-state index contributed by atoms with van der Waals surface area (Å²) in [5.74, 6) is 1.40. The van der Waals surface area contributed by atoms with Gasteiger partial charge in [0.1, 0.15) is 11.6 Å². The number of rotatable bonds is 9. The number of hydrogen-bond acceptors (Lipinski definition) is 6. The summed E-state index contributed by atoms with van der Waals surface area (Å²) >= 11 is 0. The Labute approximate surface area is 229 Å². The van der Waals surface area contributed by atoms with E-state index >= 15 is 0 Å². The zero-order valence-corrected chi connectivity index (χ0v) is 24.7. The van der Waals surface area contributed by atoms with Gasteiger partial charge in [-0.2, -0.15) is 4.31 Å². The smallest absolute Gasteiger partial charge is 0.277 e. The Balaban J connectivity index is 0.00000380. The number of quaternary nitrogens is 1. The fourth-order valence-electron chi connectivity index (χ4n) is 5.00. The van der Waals surface area contributed by atoms with E-state index in [1.807, 2.05) is 13.8 Å². The first-order valence-electron chi connectivity index (χ1n) is 12.8. The van der Waals surface area contributed by atoms with Crippen LogP contribution in [-0.2, 0) is 16.4 Å². The Kier molecular flexibility index (Phi) is 9.20. The molecular formula is C25H37BrN6O4S. The fourth-order valence-corrected chi connectivity index (χ4v) is 6.44. The van der Waals surface area contributed by atoms with Crippen LogP contribution >= 0.6 is 0 Å². The van der Waals surface area contributed by atoms with Gasteiger partial charge in [0, 0.05) is 6.42 Å². The first kappa shape index (κ1) is 29.3. The van der Waals surface area contributed by atoms with Crippen LogP contribution in [0.3, 0.4) is 0 Å². The predicted octanol–water partition coefficient (Wildman–Crippen LogP) is -0.391. The van der Waals surface area contributed by atoms with E-state index in [0.717, 1.165) is 37.1 Å². The van der Waals surface area contributed by atoms with Gasteiger partial charge in [0.05, 0.1) is 62.0 Å². The summed E-state index contributed by atoms with van der Waals surface area (Å²) in [7, 11) is -3.73. The van der Waals surface area contributed by atoms with Gasteiger partial charge in [0.2, 0.25) is 10.0 Å². The quantitative estimate of drug-likeness (QED) is 0.337. The molecule has 1 N–H and O–H groups in total. The zero-order valence-electron chi connectivity index (χ0n) is 22.3. The van der Waals surface area contributed by atoms with E-state index in [4.69, 9.17) is 4.74 Å². The molecule has 0 unspecified atom stereocenters. The number of halogens is 1. The number of fused-ring (bicyclic) bond motifs is 1. The Bertz CT molecular complexity index is 1400. The average molecular weight is 598 g/mol. The predicted molar refractivity (Wildman–Crippen MR) is 139 cm³/mol. The molecule has 1 aliphatic rings. The molecule has 0 aliphatic carbocycles. The van der Waals surface area contributed by atoms with E-state index in [1.165, 1.54) is 0 Å². The van der Waals surface area contributed by atoms with Gasteiger partial charge in [-0.1, -0.05) is 6.92 Å². The summed E-state index contributed by atoms with van der Waals surface area (Å²) in [4.78, 5) is 20.5. The van der Waals surface area contributed by atoms with Crippen molar-refractivity contribution >= 4 is 15.5 Å². The molecule has 1 fully saturated rings. The number of sulfonamides is 1. The fraction of sp³-hybridized carbons (Fsp3) is 0.560. The highest BCUT2D eigenvalue weighted by atomic mass is 79.9. The summed E-state index contributed by atoms with van der Waals surface area (Å²) in [6, 6.07) is 4.77. The van der Waals surface area contributed by atoms with Crippen LogP contribution in [0.1, 0.15) is 45.6 Å². The first-order valence-corrected chi connectivity index (χ1v) is 14.2. The maximum absolute atomic E-state index is 13.6. The third-order valence-electron chi connectivity index (χ3n) is 7.35. The first-order chi connectivity index (χ1) is 17.2. The van der Waals surface area contributed by atoms with Crippen LogP contribution in [0, 0.1) is 6.92 Å². The highest BCUT2D eigenvalue weighted by molar-refractivity contribution is 7.89. The molecule has 3 aromatic rings. The van der Waals surface area contributed by atoms with Crippen LogP contribution < -0.4 is 27.3 Å². The number of aromatic nitrogens is 4. The Hall–Kier alpha value is -2.28. The molecule has 0 atom stereocenters. The van der Waals surface area contributed by atoms with Crippen LogP contribution in [0.25, 0.3) is 16.9 Å². The van der Waals surface area contributed by atoms with Crippen molar-refractivity contribution < 1.29 is 34.6 Å². The average Bonchev–Trinajstić information content (AvgIpc) is 3.20. The third kappa shape index (κ3) is 5.47. The number of benzene rings is 1. The molecule has 1 aliphatic heterocycles. The zero-order chi connectivity index (χ0) is 26.1. The Morgan fingerprint density at radius 1 is 1.11 bits per heavy atom. The number of nitrogens with one attached hydrogen (secondary N) is 1. The van der Waals surface area contributed by atoms with E-state index in [-0.39, 0.29) is 33.3 Å². The summed E-state index contributed by atoms with van der Waals surface area (Å²) in [5, 5.41) is 4.67. The molecule has 2 aromatic heterocycles. The second-order valence-electron chi connectivity index (χ2n) is 9.34. The van der Waals surface area contributed by atoms with E-state index in [9.17, 15) is 13.2 Å². The van der Waals surface area contributed by atoms with Crippen molar-refractivity contribution in [2.24, 2.45) is 0 Å². The van der Waals surface area contributed by atoms with Gasteiger partial charge in [-0.05, 0) is 52.3 Å². The number of hydrogen-bond donors (Lipinski definition) is 1. The molecule has 0 radical (unpaired) electrons. The SMILES string of the molecule is CCCc1nc(C)c2c(=O)[nH]c(-c3cc(S(=O)(=O)N4CC[N+](CC)(CC)CC4)ccc3OCC)nn12.[Br-]. The lowest BCUT2D eigenvalue weighted by atomic mass is 10.2. The van der Waals surface area contributed by atoms with Gasteiger partial charge in [-0.3, -0.25) is 4.79 Å². The van der Waals surface area contributed by atoms with Crippen LogP contribution in [0.2, 0.25) is 0 Å². The van der Waals surface area contributed by atoms with E-state index in [2.05, 4.69) is 28.9 Å². The number of aryl methyl sites for hydroxylation is 2. The summed E-state index contributed by atoms with van der Waals surface area (Å²) in [6.07, 6.45) is 1.52. The minimum absolute atomic E-state index is 0. The van der Waals surface area contributed by atoms with E-state index < -0.39 is 10.0 Å². The van der Waals surface area contributed by atoms with E-state index in [1.54, 1.807) is 33.9 Å². The molecule has 0 saturated carbocycles. The van der Waals surface area contributed by atoms with Crippen LogP contribution in [0.15, 0.2) is 27.9 Å². The topological polar surface area (TPSA) is 110 Å². The lowest BCUT2D eigenvalue weighted by molar-refractivity contribution is -0.928. The van der Waals surface area contributed by atoms with Crippen molar-refractivity contribution in [3.63, 3.8) is 0 Å². The molecule has 4 rings (SSSR count). The molecule has 1 saturated heterocycles. The Morgan fingerprint density at radius 3 is 2.38 bits per heavy atom. The van der Waals surface area contributed by atoms with Crippen molar-refractivity contribution in [1.29, 1.82) is 0 Å². The number of piperazine rings is 1. The number of imidazole rings is 1. The summed E-state index contributed by atoms with van der Waals surface area (Å²) < 4.78 is 37.1. The monoisotopic (exact) mass is 596 g/mol. The molecule has 1 aromatic carbocycles. The second-order valence-corrected chi connectivity index (χ2v) is 11.3. The number of nitrogens with zero attached hydrogens (tertiary/aromatic N) is 5. The second kappa shape index (κ2) is 11.6. The van der Waals surface area contributed by atoms with Gasteiger partial charge < -0.3 is 31.2 Å². The molecule has 3 heterocycles. The summed E-state index contributed by atoms with van der Waals surface area (Å²) in [6.45, 7) is 14.9. The Morgan fingerprint density at radius 2 is 1.78 bits per heavy atom. The number of aromatic amines is 1. The minimum atomic E-state index is -3.73. The van der Waals surface area contributed by atoms with Crippen LogP contribution in [0.5, 0.6) is 5.75 Å². The molecule has 12 heteroatoms. The van der Waals surface area contributed by atoms with Gasteiger partial charge in [-0.25, -0.2) is 17.9 Å². The van der Waals surface area contributed by atoms with Crippen molar-refractivity contribution in [2.45, 2.75) is 52.4 Å². The standard InChI is InChI=1S/C25H36N6O4S.BrH/c1-6-10-22-26-18(5)23-25(32)27-24(28-30(22)23)20-17-19(11-12-21(20)35-9-4)36(33,34)29-13-15-31(7-2,8-3)16-14-29;/h11-12,17H,6-10,13-16H2,1-5H3;1H. The molecule has 204 valence electrons. The molecule has 0 amide bonds.